The molecule has 3 N–H and O–H groups in total. The smallest absolute Gasteiger partial charge is 0.407 e. The first-order valence-corrected chi connectivity index (χ1v) is 10.9. The van der Waals surface area contributed by atoms with Gasteiger partial charge >= 0.3 is 12.1 Å². The second-order valence-electron chi connectivity index (χ2n) is 8.38. The van der Waals surface area contributed by atoms with Crippen LogP contribution in [0.5, 0.6) is 0 Å². The third kappa shape index (κ3) is 5.02. The summed E-state index contributed by atoms with van der Waals surface area (Å²) >= 11 is 0. The summed E-state index contributed by atoms with van der Waals surface area (Å²) in [6.07, 6.45) is -0.646. The van der Waals surface area contributed by atoms with Crippen molar-refractivity contribution < 1.29 is 33.5 Å². The van der Waals surface area contributed by atoms with E-state index in [0.29, 0.717) is 0 Å². The zero-order valence-corrected chi connectivity index (χ0v) is 19.2. The lowest BCUT2D eigenvalue weighted by Crippen LogP contribution is -2.55. The number of carbonyl (C=O) groups is 3. The number of carbonyl (C=O) groups excluding carboxylic acids is 2. The van der Waals surface area contributed by atoms with E-state index >= 15 is 0 Å². The number of alkyl carbamates (subject to hydrolysis) is 1. The summed E-state index contributed by atoms with van der Waals surface area (Å²) < 4.78 is 15.4. The van der Waals surface area contributed by atoms with Crippen LogP contribution in [0.2, 0.25) is 0 Å². The van der Waals surface area contributed by atoms with E-state index in [9.17, 15) is 19.5 Å². The molecule has 1 aliphatic carbocycles. The Kier molecular flexibility index (Phi) is 6.83. The number of carboxylic acids is 1. The van der Waals surface area contributed by atoms with Crippen LogP contribution in [0.1, 0.15) is 40.2 Å². The van der Waals surface area contributed by atoms with Crippen LogP contribution in [0.25, 0.3) is 11.1 Å². The van der Waals surface area contributed by atoms with Crippen LogP contribution in [0.15, 0.2) is 59.1 Å². The van der Waals surface area contributed by atoms with Crippen molar-refractivity contribution in [1.82, 2.24) is 15.8 Å². The molecule has 2 aromatic carbocycles. The Labute approximate surface area is 201 Å². The van der Waals surface area contributed by atoms with Crippen LogP contribution in [0, 0.1) is 0 Å². The molecule has 10 heteroatoms. The highest BCUT2D eigenvalue weighted by Gasteiger charge is 2.36. The Hall–Kier alpha value is -4.18. The van der Waals surface area contributed by atoms with E-state index in [2.05, 4.69) is 27.9 Å². The number of carboxylic acid groups (broad SMARTS) is 1. The maximum atomic E-state index is 12.4. The number of methoxy groups -OCH3 is 1. The van der Waals surface area contributed by atoms with Gasteiger partial charge < -0.3 is 29.7 Å². The SMILES string of the molecule is COCC(C)(NC(=O)c1cc(CNC(=O)OCC2c3ccccc3-c3ccccc32)on1)C(=O)O. The number of nitrogens with zero attached hydrogens (tertiary/aromatic N) is 1. The summed E-state index contributed by atoms with van der Waals surface area (Å²) in [5, 5.41) is 17.9. The Morgan fingerprint density at radius 3 is 2.31 bits per heavy atom. The summed E-state index contributed by atoms with van der Waals surface area (Å²) in [6, 6.07) is 17.4. The molecule has 10 nitrogen and oxygen atoms in total. The zero-order valence-electron chi connectivity index (χ0n) is 19.2. The Bertz CT molecular complexity index is 1210. The third-order valence-corrected chi connectivity index (χ3v) is 5.84. The van der Waals surface area contributed by atoms with Crippen molar-refractivity contribution in [3.63, 3.8) is 0 Å². The van der Waals surface area contributed by atoms with Crippen molar-refractivity contribution in [3.8, 4) is 11.1 Å². The van der Waals surface area contributed by atoms with E-state index in [1.165, 1.54) is 20.1 Å². The molecule has 3 aromatic rings. The second-order valence-corrected chi connectivity index (χ2v) is 8.38. The molecule has 0 saturated heterocycles. The number of nitrogens with one attached hydrogen (secondary N) is 2. The Morgan fingerprint density at radius 1 is 1.09 bits per heavy atom. The van der Waals surface area contributed by atoms with Crippen molar-refractivity contribution in [2.24, 2.45) is 0 Å². The zero-order chi connectivity index (χ0) is 25.0. The quantitative estimate of drug-likeness (QED) is 0.426. The van der Waals surface area contributed by atoms with Gasteiger partial charge in [0.25, 0.3) is 5.91 Å². The fourth-order valence-corrected chi connectivity index (χ4v) is 4.07. The highest BCUT2D eigenvalue weighted by Crippen LogP contribution is 2.44. The van der Waals surface area contributed by atoms with E-state index in [0.717, 1.165) is 22.3 Å². The van der Waals surface area contributed by atoms with Gasteiger partial charge in [-0.1, -0.05) is 53.7 Å². The molecule has 0 saturated carbocycles. The molecule has 1 aromatic heterocycles. The maximum absolute atomic E-state index is 12.4. The molecule has 1 aliphatic rings. The second kappa shape index (κ2) is 9.98. The van der Waals surface area contributed by atoms with Gasteiger partial charge in [-0.25, -0.2) is 9.59 Å². The van der Waals surface area contributed by atoms with Crippen LogP contribution in [-0.4, -0.2) is 54.1 Å². The number of fused-ring (bicyclic) bond motifs is 3. The molecular weight excluding hydrogens is 454 g/mol. The summed E-state index contributed by atoms with van der Waals surface area (Å²) in [5.74, 6) is -1.87. The molecule has 0 fully saturated rings. The van der Waals surface area contributed by atoms with Gasteiger partial charge in [0.2, 0.25) is 0 Å². The minimum atomic E-state index is -1.63. The third-order valence-electron chi connectivity index (χ3n) is 5.84. The first-order valence-electron chi connectivity index (χ1n) is 10.9. The lowest BCUT2D eigenvalue weighted by Gasteiger charge is -2.24. The van der Waals surface area contributed by atoms with Crippen molar-refractivity contribution in [2.45, 2.75) is 24.9 Å². The van der Waals surface area contributed by atoms with Crippen molar-refractivity contribution >= 4 is 18.0 Å². The number of aromatic nitrogens is 1. The van der Waals surface area contributed by atoms with Gasteiger partial charge in [-0.3, -0.25) is 4.79 Å². The van der Waals surface area contributed by atoms with Crippen LogP contribution >= 0.6 is 0 Å². The van der Waals surface area contributed by atoms with E-state index in [4.69, 9.17) is 14.0 Å². The summed E-state index contributed by atoms with van der Waals surface area (Å²) in [5.41, 5.74) is 2.72. The summed E-state index contributed by atoms with van der Waals surface area (Å²) in [4.78, 5) is 36.1. The van der Waals surface area contributed by atoms with Gasteiger partial charge in [0.05, 0.1) is 13.2 Å². The van der Waals surface area contributed by atoms with Gasteiger partial charge in [-0.05, 0) is 29.2 Å². The number of benzene rings is 2. The van der Waals surface area contributed by atoms with Gasteiger partial charge in [-0.2, -0.15) is 0 Å². The highest BCUT2D eigenvalue weighted by atomic mass is 16.5. The van der Waals surface area contributed by atoms with Crippen LogP contribution in [0.4, 0.5) is 4.79 Å². The van der Waals surface area contributed by atoms with Crippen LogP contribution in [0.3, 0.4) is 0 Å². The van der Waals surface area contributed by atoms with E-state index < -0.39 is 23.5 Å². The average Bonchev–Trinajstić information content (AvgIpc) is 3.45. The average molecular weight is 479 g/mol. The fraction of sp³-hybridized carbons (Fsp3) is 0.280. The number of hydrogen-bond donors (Lipinski definition) is 3. The van der Waals surface area contributed by atoms with E-state index in [1.807, 2.05) is 36.4 Å². The Morgan fingerprint density at radius 2 is 1.71 bits per heavy atom. The normalized spacial score (nSPS) is 13.9. The maximum Gasteiger partial charge on any atom is 0.407 e. The largest absolute Gasteiger partial charge is 0.479 e. The lowest BCUT2D eigenvalue weighted by atomic mass is 9.98. The molecule has 1 heterocycles. The molecule has 182 valence electrons. The fourth-order valence-electron chi connectivity index (χ4n) is 4.07. The summed E-state index contributed by atoms with van der Waals surface area (Å²) in [7, 11) is 1.33. The van der Waals surface area contributed by atoms with E-state index in [-0.39, 0.29) is 37.1 Å². The number of ether oxygens (including phenoxy) is 2. The van der Waals surface area contributed by atoms with Gasteiger partial charge in [0.15, 0.2) is 17.0 Å². The molecule has 0 spiro atoms. The topological polar surface area (TPSA) is 140 Å². The van der Waals surface area contributed by atoms with Gasteiger partial charge in [0.1, 0.15) is 6.61 Å². The van der Waals surface area contributed by atoms with Crippen molar-refractivity contribution in [2.75, 3.05) is 20.3 Å². The first-order chi connectivity index (χ1) is 16.8. The Balaban J connectivity index is 1.32. The number of hydrogen-bond acceptors (Lipinski definition) is 7. The van der Waals surface area contributed by atoms with Crippen LogP contribution in [-0.2, 0) is 20.8 Å². The minimum Gasteiger partial charge on any atom is -0.479 e. The molecule has 1 atom stereocenters. The van der Waals surface area contributed by atoms with Gasteiger partial charge in [0, 0.05) is 19.1 Å². The molecule has 1 unspecified atom stereocenters. The standard InChI is InChI=1S/C25H25N3O7/c1-25(14-33-2,23(30)31)27-22(29)21-11-15(35-28-21)12-26-24(32)34-13-20-18-9-5-3-7-16(18)17-8-4-6-10-19(17)20/h3-11,20H,12-14H2,1-2H3,(H,26,32)(H,27,29)(H,30,31). The monoisotopic (exact) mass is 479 g/mol. The molecule has 0 radical (unpaired) electrons. The van der Waals surface area contributed by atoms with Crippen molar-refractivity contribution in [3.05, 3.63) is 77.2 Å². The molecule has 0 aliphatic heterocycles. The highest BCUT2D eigenvalue weighted by molar-refractivity contribution is 5.96. The minimum absolute atomic E-state index is 0.0643. The predicted molar refractivity (Wildman–Crippen MR) is 124 cm³/mol. The lowest BCUT2D eigenvalue weighted by molar-refractivity contribution is -0.145. The first kappa shape index (κ1) is 24.0. The number of amides is 2. The van der Waals surface area contributed by atoms with Gasteiger partial charge in [-0.15, -0.1) is 0 Å². The molecular formula is C25H25N3O7. The number of rotatable bonds is 9. The molecule has 35 heavy (non-hydrogen) atoms. The van der Waals surface area contributed by atoms with E-state index in [1.54, 1.807) is 0 Å². The molecule has 4 rings (SSSR count). The number of aliphatic carboxylic acids is 1. The summed E-state index contributed by atoms with van der Waals surface area (Å²) in [6.45, 7) is 1.18. The molecule has 0 bridgehead atoms. The van der Waals surface area contributed by atoms with Crippen molar-refractivity contribution in [1.29, 1.82) is 0 Å². The van der Waals surface area contributed by atoms with Crippen LogP contribution < -0.4 is 10.6 Å². The predicted octanol–water partition coefficient (Wildman–Crippen LogP) is 2.93. The molecule has 2 amide bonds.